The van der Waals surface area contributed by atoms with Gasteiger partial charge < -0.3 is 9.80 Å². The van der Waals surface area contributed by atoms with Crippen LogP contribution in [0.1, 0.15) is 65.5 Å². The van der Waals surface area contributed by atoms with Gasteiger partial charge in [0.15, 0.2) is 0 Å². The number of hydrogen-bond donors (Lipinski definition) is 0. The van der Waals surface area contributed by atoms with Crippen LogP contribution in [0.15, 0.2) is 36.4 Å². The van der Waals surface area contributed by atoms with Crippen molar-refractivity contribution in [1.82, 2.24) is 4.90 Å². The van der Waals surface area contributed by atoms with Crippen molar-refractivity contribution in [3.05, 3.63) is 63.1 Å². The standard InChI is InChI=1S/C23H24Cl2N2O/c24-17-10-16(11-18(25)13-17)23(28)27-9-6-15-12-22(27)21-14-19(4-5-20(15)21)26-7-2-1-3-8-26/h4-5,10-11,13-15,22H,1-3,6-9,12H2/t15-,22-/m1/s1. The zero-order valence-electron chi connectivity index (χ0n) is 15.8. The molecule has 0 saturated carbocycles. The van der Waals surface area contributed by atoms with Gasteiger partial charge in [-0.05, 0) is 79.5 Å². The van der Waals surface area contributed by atoms with E-state index in [9.17, 15) is 4.79 Å². The van der Waals surface area contributed by atoms with E-state index in [-0.39, 0.29) is 11.9 Å². The van der Waals surface area contributed by atoms with Crippen LogP contribution in [0.25, 0.3) is 0 Å². The third kappa shape index (κ3) is 3.19. The summed E-state index contributed by atoms with van der Waals surface area (Å²) in [7, 11) is 0. The van der Waals surface area contributed by atoms with E-state index in [0.717, 1.165) is 32.5 Å². The fourth-order valence-electron chi connectivity index (χ4n) is 5.20. The molecule has 0 radical (unpaired) electrons. The zero-order valence-corrected chi connectivity index (χ0v) is 17.3. The summed E-state index contributed by atoms with van der Waals surface area (Å²) in [5.74, 6) is 0.603. The minimum Gasteiger partial charge on any atom is -0.372 e. The van der Waals surface area contributed by atoms with Gasteiger partial charge in [-0.25, -0.2) is 0 Å². The molecule has 28 heavy (non-hydrogen) atoms. The Morgan fingerprint density at radius 1 is 0.893 bits per heavy atom. The Balaban J connectivity index is 1.47. The average molecular weight is 415 g/mol. The van der Waals surface area contributed by atoms with E-state index in [2.05, 4.69) is 23.1 Å². The second-order valence-corrected chi connectivity index (χ2v) is 9.13. The van der Waals surface area contributed by atoms with Crippen molar-refractivity contribution in [1.29, 1.82) is 0 Å². The number of fused-ring (bicyclic) bond motifs is 5. The molecule has 2 saturated heterocycles. The van der Waals surface area contributed by atoms with E-state index in [1.165, 1.54) is 36.1 Å². The lowest BCUT2D eigenvalue weighted by atomic mass is 9.95. The molecular weight excluding hydrogens is 391 g/mol. The Labute approximate surface area is 176 Å². The van der Waals surface area contributed by atoms with Crippen LogP contribution in [0.2, 0.25) is 10.0 Å². The second kappa shape index (κ2) is 7.27. The number of hydrogen-bond acceptors (Lipinski definition) is 2. The van der Waals surface area contributed by atoms with E-state index >= 15 is 0 Å². The summed E-state index contributed by atoms with van der Waals surface area (Å²) in [5, 5.41) is 1.01. The summed E-state index contributed by atoms with van der Waals surface area (Å²) >= 11 is 12.3. The highest BCUT2D eigenvalue weighted by atomic mass is 35.5. The maximum Gasteiger partial charge on any atom is 0.254 e. The minimum absolute atomic E-state index is 0.0316. The van der Waals surface area contributed by atoms with E-state index in [1.807, 2.05) is 4.90 Å². The molecule has 0 unspecified atom stereocenters. The van der Waals surface area contributed by atoms with Gasteiger partial charge in [0.1, 0.15) is 0 Å². The lowest BCUT2D eigenvalue weighted by Gasteiger charge is -2.34. The number of carbonyl (C=O) groups is 1. The third-order valence-corrected chi connectivity index (χ3v) is 7.00. The van der Waals surface area contributed by atoms with Gasteiger partial charge in [0, 0.05) is 40.9 Å². The average Bonchev–Trinajstić information content (AvgIpc) is 2.99. The molecule has 5 heteroatoms. The summed E-state index contributed by atoms with van der Waals surface area (Å²) in [6, 6.07) is 12.2. The molecule has 0 spiro atoms. The summed E-state index contributed by atoms with van der Waals surface area (Å²) in [6.45, 7) is 3.05. The Morgan fingerprint density at radius 2 is 1.64 bits per heavy atom. The predicted octanol–water partition coefficient (Wildman–Crippen LogP) is 6.06. The Hall–Kier alpha value is -1.71. The highest BCUT2D eigenvalue weighted by Gasteiger charge is 2.41. The van der Waals surface area contributed by atoms with E-state index < -0.39 is 0 Å². The first kappa shape index (κ1) is 18.3. The summed E-state index contributed by atoms with van der Waals surface area (Å²) < 4.78 is 0. The van der Waals surface area contributed by atoms with Gasteiger partial charge in [0.2, 0.25) is 0 Å². The number of halogens is 2. The van der Waals surface area contributed by atoms with Crippen molar-refractivity contribution in [3.63, 3.8) is 0 Å². The molecule has 2 aromatic rings. The van der Waals surface area contributed by atoms with Crippen molar-refractivity contribution in [3.8, 4) is 0 Å². The van der Waals surface area contributed by atoms with Gasteiger partial charge in [-0.2, -0.15) is 0 Å². The van der Waals surface area contributed by atoms with Crippen molar-refractivity contribution >= 4 is 34.8 Å². The first-order valence-electron chi connectivity index (χ1n) is 10.3. The van der Waals surface area contributed by atoms with Crippen LogP contribution in [0.4, 0.5) is 5.69 Å². The molecule has 3 aliphatic rings. The van der Waals surface area contributed by atoms with Gasteiger partial charge in [0.05, 0.1) is 6.04 Å². The molecule has 0 N–H and O–H groups in total. The zero-order chi connectivity index (χ0) is 19.3. The van der Waals surface area contributed by atoms with Gasteiger partial charge in [0.25, 0.3) is 5.91 Å². The molecule has 2 bridgehead atoms. The highest BCUT2D eigenvalue weighted by Crippen LogP contribution is 2.50. The first-order valence-corrected chi connectivity index (χ1v) is 11.0. The number of likely N-dealkylation sites (tertiary alicyclic amines) is 1. The maximum absolute atomic E-state index is 13.3. The first-order chi connectivity index (χ1) is 13.6. The molecule has 2 heterocycles. The monoisotopic (exact) mass is 414 g/mol. The Bertz CT molecular complexity index is 903. The molecule has 1 amide bonds. The lowest BCUT2D eigenvalue weighted by Crippen LogP contribution is -2.37. The molecule has 2 fully saturated rings. The quantitative estimate of drug-likeness (QED) is 0.596. The van der Waals surface area contributed by atoms with Crippen LogP contribution < -0.4 is 4.90 Å². The Kier molecular flexibility index (Phi) is 4.76. The number of benzene rings is 2. The molecule has 146 valence electrons. The second-order valence-electron chi connectivity index (χ2n) is 8.25. The number of carbonyl (C=O) groups excluding carboxylic acids is 1. The number of piperidine rings is 2. The third-order valence-electron chi connectivity index (χ3n) is 6.56. The predicted molar refractivity (Wildman–Crippen MR) is 115 cm³/mol. The van der Waals surface area contributed by atoms with Crippen molar-refractivity contribution in [2.24, 2.45) is 0 Å². The molecular formula is C23H24Cl2N2O. The Morgan fingerprint density at radius 3 is 2.39 bits per heavy atom. The molecule has 2 aliphatic heterocycles. The normalized spacial score (nSPS) is 23.6. The minimum atomic E-state index is 0.0316. The van der Waals surface area contributed by atoms with Crippen LogP contribution in [0.5, 0.6) is 0 Å². The molecule has 5 rings (SSSR count). The van der Waals surface area contributed by atoms with Crippen molar-refractivity contribution in [2.45, 2.75) is 44.1 Å². The van der Waals surface area contributed by atoms with Crippen molar-refractivity contribution < 1.29 is 4.79 Å². The molecule has 2 atom stereocenters. The van der Waals surface area contributed by atoms with Crippen LogP contribution in [-0.2, 0) is 0 Å². The van der Waals surface area contributed by atoms with E-state index in [1.54, 1.807) is 18.2 Å². The molecule has 3 nitrogen and oxygen atoms in total. The summed E-state index contributed by atoms with van der Waals surface area (Å²) in [4.78, 5) is 17.8. The molecule has 1 aliphatic carbocycles. The number of anilines is 1. The summed E-state index contributed by atoms with van der Waals surface area (Å²) in [5.41, 5.74) is 4.66. The van der Waals surface area contributed by atoms with Gasteiger partial charge in [-0.1, -0.05) is 29.3 Å². The van der Waals surface area contributed by atoms with E-state index in [4.69, 9.17) is 23.2 Å². The molecule has 2 aromatic carbocycles. The smallest absolute Gasteiger partial charge is 0.254 e. The maximum atomic E-state index is 13.3. The van der Waals surface area contributed by atoms with Crippen molar-refractivity contribution in [2.75, 3.05) is 24.5 Å². The van der Waals surface area contributed by atoms with Crippen LogP contribution in [-0.4, -0.2) is 30.4 Å². The topological polar surface area (TPSA) is 23.6 Å². The van der Waals surface area contributed by atoms with Crippen LogP contribution in [0.3, 0.4) is 0 Å². The lowest BCUT2D eigenvalue weighted by molar-refractivity contribution is 0.0620. The SMILES string of the molecule is O=C(c1cc(Cl)cc(Cl)c1)N1CC[C@@H]2C[C@@H]1c1cc(N3CCCCC3)ccc12. The van der Waals surface area contributed by atoms with Gasteiger partial charge in [-0.15, -0.1) is 0 Å². The van der Waals surface area contributed by atoms with Crippen LogP contribution >= 0.6 is 23.2 Å². The molecule has 0 aromatic heterocycles. The largest absolute Gasteiger partial charge is 0.372 e. The number of rotatable bonds is 2. The van der Waals surface area contributed by atoms with E-state index in [0.29, 0.717) is 21.5 Å². The van der Waals surface area contributed by atoms with Gasteiger partial charge in [-0.3, -0.25) is 4.79 Å². The highest BCUT2D eigenvalue weighted by molar-refractivity contribution is 6.35. The number of amides is 1. The van der Waals surface area contributed by atoms with Crippen LogP contribution in [0, 0.1) is 0 Å². The number of nitrogens with zero attached hydrogens (tertiary/aromatic N) is 2. The fourth-order valence-corrected chi connectivity index (χ4v) is 5.73. The van der Waals surface area contributed by atoms with Gasteiger partial charge >= 0.3 is 0 Å². The summed E-state index contributed by atoms with van der Waals surface area (Å²) in [6.07, 6.45) is 5.91. The fraction of sp³-hybridized carbons (Fsp3) is 0.435.